The van der Waals surface area contributed by atoms with Gasteiger partial charge < -0.3 is 5.73 Å². The fourth-order valence-corrected chi connectivity index (χ4v) is 5.76. The summed E-state index contributed by atoms with van der Waals surface area (Å²) in [4.78, 5) is 2.44. The zero-order valence-electron chi connectivity index (χ0n) is 18.2. The fourth-order valence-electron chi connectivity index (χ4n) is 5.29. The van der Waals surface area contributed by atoms with Crippen LogP contribution in [-0.2, 0) is 25.9 Å². The standard InChI is InChI=1S/C29H24Cl2N2/c30-23-8-7-22(28(31)15-23)17-33-12-11-18-13-20(5-6-21(18)16-33)25-9-10-26-24-4-2-1-3-19(24)14-27(26)29(25)32/h1-10,13,15H,11-12,14,16-17,32H2. The van der Waals surface area contributed by atoms with Crippen molar-refractivity contribution in [3.05, 3.63) is 111 Å². The smallest absolute Gasteiger partial charge is 0.0465 e. The summed E-state index contributed by atoms with van der Waals surface area (Å²) in [5, 5.41) is 1.41. The van der Waals surface area contributed by atoms with E-state index in [0.717, 1.165) is 54.3 Å². The Kier molecular flexibility index (Phi) is 5.18. The highest BCUT2D eigenvalue weighted by atomic mass is 35.5. The Bertz CT molecular complexity index is 1390. The van der Waals surface area contributed by atoms with E-state index in [1.165, 1.54) is 38.9 Å². The van der Waals surface area contributed by atoms with E-state index in [-0.39, 0.29) is 0 Å². The lowest BCUT2D eigenvalue weighted by atomic mass is 9.91. The summed E-state index contributed by atoms with van der Waals surface area (Å²) >= 11 is 12.5. The number of nitrogen functional groups attached to an aromatic ring is 1. The van der Waals surface area contributed by atoms with Gasteiger partial charge in [0.25, 0.3) is 0 Å². The molecule has 1 heterocycles. The maximum absolute atomic E-state index is 6.72. The van der Waals surface area contributed by atoms with Crippen molar-refractivity contribution in [1.82, 2.24) is 4.90 Å². The number of halogens is 2. The predicted octanol–water partition coefficient (Wildman–Crippen LogP) is 7.37. The molecule has 4 heteroatoms. The SMILES string of the molecule is Nc1c(-c2ccc3c(c2)CCN(Cc2ccc(Cl)cc2Cl)C3)ccc2c1Cc1ccccc1-2. The largest absolute Gasteiger partial charge is 0.398 e. The van der Waals surface area contributed by atoms with Crippen molar-refractivity contribution in [3.8, 4) is 22.3 Å². The molecule has 0 saturated carbocycles. The van der Waals surface area contributed by atoms with E-state index in [1.807, 2.05) is 18.2 Å². The van der Waals surface area contributed by atoms with Crippen molar-refractivity contribution in [1.29, 1.82) is 0 Å². The highest BCUT2D eigenvalue weighted by Crippen LogP contribution is 2.43. The van der Waals surface area contributed by atoms with Gasteiger partial charge in [0, 0.05) is 47.4 Å². The van der Waals surface area contributed by atoms with E-state index < -0.39 is 0 Å². The molecule has 2 N–H and O–H groups in total. The lowest BCUT2D eigenvalue weighted by Gasteiger charge is -2.29. The van der Waals surface area contributed by atoms with Gasteiger partial charge >= 0.3 is 0 Å². The van der Waals surface area contributed by atoms with Crippen LogP contribution in [0, 0.1) is 0 Å². The third-order valence-electron chi connectivity index (χ3n) is 7.05. The van der Waals surface area contributed by atoms with Crippen LogP contribution in [0.5, 0.6) is 0 Å². The molecule has 0 amide bonds. The summed E-state index contributed by atoms with van der Waals surface area (Å²) in [7, 11) is 0. The number of nitrogens with two attached hydrogens (primary N) is 1. The van der Waals surface area contributed by atoms with Crippen molar-refractivity contribution in [3.63, 3.8) is 0 Å². The second kappa shape index (κ2) is 8.22. The Morgan fingerprint density at radius 3 is 2.52 bits per heavy atom. The monoisotopic (exact) mass is 470 g/mol. The minimum Gasteiger partial charge on any atom is -0.398 e. The first-order valence-corrected chi connectivity index (χ1v) is 12.1. The van der Waals surface area contributed by atoms with Gasteiger partial charge in [-0.15, -0.1) is 0 Å². The Balaban J connectivity index is 1.26. The van der Waals surface area contributed by atoms with Crippen LogP contribution in [0.25, 0.3) is 22.3 Å². The molecule has 0 spiro atoms. The summed E-state index contributed by atoms with van der Waals surface area (Å²) in [6.45, 7) is 2.75. The summed E-state index contributed by atoms with van der Waals surface area (Å²) in [6, 6.07) is 25.6. The molecule has 0 saturated heterocycles. The number of benzene rings is 4. The number of hydrogen-bond donors (Lipinski definition) is 1. The summed E-state index contributed by atoms with van der Waals surface area (Å²) in [5.74, 6) is 0. The Labute approximate surface area is 204 Å². The van der Waals surface area contributed by atoms with E-state index in [2.05, 4.69) is 59.5 Å². The fraction of sp³-hybridized carbons (Fsp3) is 0.172. The van der Waals surface area contributed by atoms with Gasteiger partial charge in [0.1, 0.15) is 0 Å². The molecule has 2 aliphatic rings. The Morgan fingerprint density at radius 2 is 1.64 bits per heavy atom. The average Bonchev–Trinajstić information content (AvgIpc) is 3.21. The highest BCUT2D eigenvalue weighted by Gasteiger charge is 2.23. The minimum absolute atomic E-state index is 0.676. The second-order valence-corrected chi connectivity index (χ2v) is 9.91. The molecule has 0 atom stereocenters. The highest BCUT2D eigenvalue weighted by molar-refractivity contribution is 6.35. The molecule has 1 aliphatic heterocycles. The molecule has 33 heavy (non-hydrogen) atoms. The number of fused-ring (bicyclic) bond motifs is 4. The topological polar surface area (TPSA) is 29.3 Å². The lowest BCUT2D eigenvalue weighted by molar-refractivity contribution is 0.245. The van der Waals surface area contributed by atoms with Crippen LogP contribution in [-0.4, -0.2) is 11.4 Å². The third-order valence-corrected chi connectivity index (χ3v) is 7.64. The Hall–Kier alpha value is -2.78. The van der Waals surface area contributed by atoms with Crippen LogP contribution in [0.4, 0.5) is 5.69 Å². The van der Waals surface area contributed by atoms with Gasteiger partial charge in [0.15, 0.2) is 0 Å². The van der Waals surface area contributed by atoms with E-state index in [4.69, 9.17) is 28.9 Å². The number of hydrogen-bond acceptors (Lipinski definition) is 2. The predicted molar refractivity (Wildman–Crippen MR) is 139 cm³/mol. The maximum Gasteiger partial charge on any atom is 0.0465 e. The molecule has 4 aromatic rings. The second-order valence-electron chi connectivity index (χ2n) is 9.07. The first-order chi connectivity index (χ1) is 16.1. The van der Waals surface area contributed by atoms with Crippen LogP contribution in [0.2, 0.25) is 10.0 Å². The first-order valence-electron chi connectivity index (χ1n) is 11.3. The van der Waals surface area contributed by atoms with Crippen LogP contribution < -0.4 is 5.73 Å². The van der Waals surface area contributed by atoms with Gasteiger partial charge in [-0.1, -0.05) is 83.9 Å². The molecule has 164 valence electrons. The van der Waals surface area contributed by atoms with Crippen LogP contribution in [0.1, 0.15) is 27.8 Å². The molecular formula is C29H24Cl2N2. The van der Waals surface area contributed by atoms with Gasteiger partial charge in [-0.25, -0.2) is 0 Å². The van der Waals surface area contributed by atoms with Crippen molar-refractivity contribution < 1.29 is 0 Å². The number of nitrogens with zero attached hydrogens (tertiary/aromatic N) is 1. The Morgan fingerprint density at radius 1 is 0.788 bits per heavy atom. The minimum atomic E-state index is 0.676. The molecule has 0 bridgehead atoms. The van der Waals surface area contributed by atoms with Crippen LogP contribution in [0.3, 0.4) is 0 Å². The van der Waals surface area contributed by atoms with Crippen molar-refractivity contribution >= 4 is 28.9 Å². The molecule has 1 aliphatic carbocycles. The molecule has 0 fully saturated rings. The van der Waals surface area contributed by atoms with Gasteiger partial charge in [0.2, 0.25) is 0 Å². The normalized spacial score (nSPS) is 14.6. The van der Waals surface area contributed by atoms with Gasteiger partial charge in [-0.2, -0.15) is 0 Å². The van der Waals surface area contributed by atoms with Crippen LogP contribution >= 0.6 is 23.2 Å². The molecule has 0 aromatic heterocycles. The van der Waals surface area contributed by atoms with E-state index >= 15 is 0 Å². The summed E-state index contributed by atoms with van der Waals surface area (Å²) in [5.41, 5.74) is 19.1. The molecule has 6 rings (SSSR count). The third kappa shape index (κ3) is 3.73. The van der Waals surface area contributed by atoms with Crippen molar-refractivity contribution in [2.24, 2.45) is 0 Å². The van der Waals surface area contributed by atoms with Crippen molar-refractivity contribution in [2.45, 2.75) is 25.9 Å². The molecule has 4 aromatic carbocycles. The molecule has 2 nitrogen and oxygen atoms in total. The van der Waals surface area contributed by atoms with Crippen LogP contribution in [0.15, 0.2) is 72.8 Å². The van der Waals surface area contributed by atoms with Gasteiger partial charge in [0.05, 0.1) is 0 Å². The maximum atomic E-state index is 6.72. The summed E-state index contributed by atoms with van der Waals surface area (Å²) in [6.07, 6.45) is 1.93. The zero-order valence-corrected chi connectivity index (χ0v) is 19.8. The molecule has 0 unspecified atom stereocenters. The van der Waals surface area contributed by atoms with Crippen molar-refractivity contribution in [2.75, 3.05) is 12.3 Å². The molecule has 0 radical (unpaired) electrons. The first kappa shape index (κ1) is 20.8. The van der Waals surface area contributed by atoms with E-state index in [1.54, 1.807) is 0 Å². The summed E-state index contributed by atoms with van der Waals surface area (Å²) < 4.78 is 0. The lowest BCUT2D eigenvalue weighted by Crippen LogP contribution is -2.30. The quantitative estimate of drug-likeness (QED) is 0.278. The number of rotatable bonds is 3. The van der Waals surface area contributed by atoms with Gasteiger partial charge in [-0.05, 0) is 63.1 Å². The molecular weight excluding hydrogens is 447 g/mol. The number of anilines is 1. The van der Waals surface area contributed by atoms with Gasteiger partial charge in [-0.3, -0.25) is 4.90 Å². The average molecular weight is 471 g/mol. The zero-order chi connectivity index (χ0) is 22.5. The van der Waals surface area contributed by atoms with E-state index in [0.29, 0.717) is 5.02 Å². The van der Waals surface area contributed by atoms with E-state index in [9.17, 15) is 0 Å².